The second-order valence-electron chi connectivity index (χ2n) is 6.27. The van der Waals surface area contributed by atoms with Gasteiger partial charge in [0.1, 0.15) is 11.4 Å². The summed E-state index contributed by atoms with van der Waals surface area (Å²) in [5.41, 5.74) is 0.0364. The average Bonchev–Trinajstić information content (AvgIpc) is 2.66. The van der Waals surface area contributed by atoms with E-state index in [9.17, 15) is 21.6 Å². The summed E-state index contributed by atoms with van der Waals surface area (Å²) in [6, 6.07) is 5.84. The van der Waals surface area contributed by atoms with Crippen LogP contribution in [0.25, 0.3) is 0 Å². The standard InChI is InChI=1S/C18H21N3O8S2/c1-5-27-18(22)12(2)20-21-15-8-6-13(10-16(15)29-31(4,25)26)28-17-9-7-14(11-19-17)30(3,23)24/h6-12H,5H2,1-4H3. The first-order valence-corrected chi connectivity index (χ1v) is 12.5. The van der Waals surface area contributed by atoms with E-state index in [1.807, 2.05) is 0 Å². The van der Waals surface area contributed by atoms with E-state index in [4.69, 9.17) is 13.7 Å². The van der Waals surface area contributed by atoms with Gasteiger partial charge in [0.25, 0.3) is 0 Å². The Labute approximate surface area is 180 Å². The van der Waals surface area contributed by atoms with Gasteiger partial charge in [-0.2, -0.15) is 18.6 Å². The molecule has 0 bridgehead atoms. The number of hydrogen-bond donors (Lipinski definition) is 0. The minimum Gasteiger partial charge on any atom is -0.464 e. The van der Waals surface area contributed by atoms with Crippen LogP contribution >= 0.6 is 0 Å². The summed E-state index contributed by atoms with van der Waals surface area (Å²) < 4.78 is 61.5. The summed E-state index contributed by atoms with van der Waals surface area (Å²) in [5.74, 6) is -0.549. The van der Waals surface area contributed by atoms with Crippen LogP contribution in [0.4, 0.5) is 5.69 Å². The van der Waals surface area contributed by atoms with Gasteiger partial charge in [0.2, 0.25) is 5.88 Å². The van der Waals surface area contributed by atoms with Gasteiger partial charge < -0.3 is 13.7 Å². The maximum atomic E-state index is 11.7. The SMILES string of the molecule is CCOC(=O)C(C)N=Nc1ccc(Oc2ccc(S(C)(=O)=O)cn2)cc1OS(C)(=O)=O. The van der Waals surface area contributed by atoms with Gasteiger partial charge in [-0.1, -0.05) is 0 Å². The molecule has 13 heteroatoms. The van der Waals surface area contributed by atoms with Gasteiger partial charge >= 0.3 is 16.1 Å². The number of nitrogens with zero attached hydrogens (tertiary/aromatic N) is 3. The van der Waals surface area contributed by atoms with Crippen molar-refractivity contribution in [3.05, 3.63) is 36.5 Å². The van der Waals surface area contributed by atoms with Crippen molar-refractivity contribution in [2.24, 2.45) is 10.2 Å². The van der Waals surface area contributed by atoms with Crippen LogP contribution in [0.3, 0.4) is 0 Å². The van der Waals surface area contributed by atoms with Crippen LogP contribution in [0.2, 0.25) is 0 Å². The first kappa shape index (κ1) is 24.2. The Morgan fingerprint density at radius 2 is 1.84 bits per heavy atom. The van der Waals surface area contributed by atoms with Crippen molar-refractivity contribution in [1.29, 1.82) is 0 Å². The first-order chi connectivity index (χ1) is 14.4. The third-order valence-corrected chi connectivity index (χ3v) is 5.08. The van der Waals surface area contributed by atoms with Crippen LogP contribution in [0.1, 0.15) is 13.8 Å². The van der Waals surface area contributed by atoms with E-state index in [0.29, 0.717) is 0 Å². The molecule has 0 saturated carbocycles. The lowest BCUT2D eigenvalue weighted by Gasteiger charge is -2.10. The number of pyridine rings is 1. The summed E-state index contributed by atoms with van der Waals surface area (Å²) in [6.07, 6.45) is 3.04. The fourth-order valence-corrected chi connectivity index (χ4v) is 3.12. The van der Waals surface area contributed by atoms with Gasteiger partial charge in [-0.3, -0.25) is 0 Å². The van der Waals surface area contributed by atoms with Crippen LogP contribution < -0.4 is 8.92 Å². The smallest absolute Gasteiger partial charge is 0.332 e. The molecule has 31 heavy (non-hydrogen) atoms. The third kappa shape index (κ3) is 7.61. The molecule has 2 aromatic rings. The Hall–Kier alpha value is -3.06. The minimum atomic E-state index is -3.91. The zero-order valence-electron chi connectivity index (χ0n) is 17.2. The molecule has 1 aromatic carbocycles. The van der Waals surface area contributed by atoms with Crippen molar-refractivity contribution in [1.82, 2.24) is 4.98 Å². The number of ether oxygens (including phenoxy) is 2. The lowest BCUT2D eigenvalue weighted by atomic mass is 10.3. The molecule has 0 radical (unpaired) electrons. The normalized spacial score (nSPS) is 13.0. The van der Waals surface area contributed by atoms with Gasteiger partial charge in [0.15, 0.2) is 21.6 Å². The highest BCUT2D eigenvalue weighted by Crippen LogP contribution is 2.34. The molecule has 168 valence electrons. The summed E-state index contributed by atoms with van der Waals surface area (Å²) in [6.45, 7) is 3.32. The maximum absolute atomic E-state index is 11.7. The van der Waals surface area contributed by atoms with E-state index >= 15 is 0 Å². The summed E-state index contributed by atoms with van der Waals surface area (Å²) in [4.78, 5) is 15.6. The van der Waals surface area contributed by atoms with Crippen LogP contribution in [0.15, 0.2) is 51.7 Å². The minimum absolute atomic E-state index is 0.0208. The Bertz CT molecular complexity index is 1180. The maximum Gasteiger partial charge on any atom is 0.332 e. The van der Waals surface area contributed by atoms with Gasteiger partial charge in [0.05, 0.1) is 17.8 Å². The molecule has 0 aliphatic heterocycles. The quantitative estimate of drug-likeness (QED) is 0.305. The number of sulfone groups is 1. The van der Waals surface area contributed by atoms with Crippen LogP contribution in [0.5, 0.6) is 17.4 Å². The Morgan fingerprint density at radius 1 is 1.13 bits per heavy atom. The van der Waals surface area contributed by atoms with E-state index in [1.165, 1.54) is 37.3 Å². The second-order valence-corrected chi connectivity index (χ2v) is 9.86. The van der Waals surface area contributed by atoms with Crippen molar-refractivity contribution < 1.29 is 35.3 Å². The Kier molecular flexibility index (Phi) is 7.68. The molecular formula is C18H21N3O8S2. The van der Waals surface area contributed by atoms with Gasteiger partial charge in [-0.05, 0) is 32.0 Å². The van der Waals surface area contributed by atoms with Crippen LogP contribution in [0, 0.1) is 0 Å². The van der Waals surface area contributed by atoms with E-state index < -0.39 is 32.0 Å². The van der Waals surface area contributed by atoms with Crippen molar-refractivity contribution in [2.75, 3.05) is 19.1 Å². The summed E-state index contributed by atoms with van der Waals surface area (Å²) >= 11 is 0. The molecule has 0 aliphatic rings. The number of benzene rings is 1. The van der Waals surface area contributed by atoms with Crippen LogP contribution in [-0.4, -0.2) is 52.9 Å². The van der Waals surface area contributed by atoms with Gasteiger partial charge in [0, 0.05) is 24.6 Å². The second kappa shape index (κ2) is 9.83. The number of esters is 1. The number of carbonyl (C=O) groups excluding carboxylic acids is 1. The Morgan fingerprint density at radius 3 is 2.39 bits per heavy atom. The van der Waals surface area contributed by atoms with Crippen molar-refractivity contribution >= 4 is 31.6 Å². The van der Waals surface area contributed by atoms with E-state index in [1.54, 1.807) is 6.92 Å². The molecule has 0 spiro atoms. The molecule has 2 rings (SSSR count). The zero-order chi connectivity index (χ0) is 23.2. The summed E-state index contributed by atoms with van der Waals surface area (Å²) in [5, 5.41) is 7.69. The van der Waals surface area contributed by atoms with E-state index in [2.05, 4.69) is 15.2 Å². The highest BCUT2D eigenvalue weighted by Gasteiger charge is 2.16. The molecule has 0 saturated heterocycles. The molecule has 0 aliphatic carbocycles. The number of azo groups is 1. The highest BCUT2D eigenvalue weighted by molar-refractivity contribution is 7.90. The largest absolute Gasteiger partial charge is 0.464 e. The predicted molar refractivity (Wildman–Crippen MR) is 110 cm³/mol. The molecule has 11 nitrogen and oxygen atoms in total. The zero-order valence-corrected chi connectivity index (χ0v) is 18.8. The molecule has 1 unspecified atom stereocenters. The van der Waals surface area contributed by atoms with Crippen molar-refractivity contribution in [3.63, 3.8) is 0 Å². The van der Waals surface area contributed by atoms with Gasteiger partial charge in [-0.15, -0.1) is 0 Å². The number of rotatable bonds is 9. The first-order valence-electron chi connectivity index (χ1n) is 8.84. The number of hydrogen-bond acceptors (Lipinski definition) is 11. The molecule has 1 heterocycles. The fraction of sp³-hybridized carbons (Fsp3) is 0.333. The van der Waals surface area contributed by atoms with Crippen LogP contribution in [-0.2, 0) is 29.5 Å². The summed E-state index contributed by atoms with van der Waals surface area (Å²) in [7, 11) is -7.31. The molecular weight excluding hydrogens is 450 g/mol. The van der Waals surface area contributed by atoms with E-state index in [0.717, 1.165) is 18.7 Å². The topological polar surface area (TPSA) is 151 Å². The van der Waals surface area contributed by atoms with Gasteiger partial charge in [-0.25, -0.2) is 18.2 Å². The molecule has 1 atom stereocenters. The Balaban J connectivity index is 2.30. The monoisotopic (exact) mass is 471 g/mol. The molecule has 0 amide bonds. The fourth-order valence-electron chi connectivity index (χ4n) is 2.10. The lowest BCUT2D eigenvalue weighted by molar-refractivity contribution is -0.144. The van der Waals surface area contributed by atoms with Crippen molar-refractivity contribution in [2.45, 2.75) is 24.8 Å². The average molecular weight is 472 g/mol. The predicted octanol–water partition coefficient (Wildman–Crippen LogP) is 2.65. The van der Waals surface area contributed by atoms with E-state index in [-0.39, 0.29) is 34.6 Å². The molecule has 0 N–H and O–H groups in total. The van der Waals surface area contributed by atoms with Crippen molar-refractivity contribution in [3.8, 4) is 17.4 Å². The number of carbonyl (C=O) groups is 1. The molecule has 0 fully saturated rings. The molecule has 1 aromatic heterocycles. The lowest BCUT2D eigenvalue weighted by Crippen LogP contribution is -2.17. The number of aromatic nitrogens is 1. The third-order valence-electron chi connectivity index (χ3n) is 3.50. The highest BCUT2D eigenvalue weighted by atomic mass is 32.2.